The van der Waals surface area contributed by atoms with Crippen molar-refractivity contribution in [3.63, 3.8) is 0 Å². The van der Waals surface area contributed by atoms with Gasteiger partial charge in [-0.05, 0) is 37.3 Å². The average molecular weight is 496 g/mol. The topological polar surface area (TPSA) is 101 Å². The lowest BCUT2D eigenvalue weighted by Gasteiger charge is -2.37. The summed E-state index contributed by atoms with van der Waals surface area (Å²) in [5.41, 5.74) is 1.61. The summed E-state index contributed by atoms with van der Waals surface area (Å²) in [7, 11) is 4.75. The fraction of sp³-hybridized carbons (Fsp3) is 0.444. The summed E-state index contributed by atoms with van der Waals surface area (Å²) in [6.07, 6.45) is 1.13. The van der Waals surface area contributed by atoms with Crippen molar-refractivity contribution in [1.29, 1.82) is 0 Å². The van der Waals surface area contributed by atoms with Crippen molar-refractivity contribution in [1.82, 2.24) is 14.8 Å². The molecule has 0 fully saturated rings. The van der Waals surface area contributed by atoms with Crippen LogP contribution in [0, 0.1) is 17.8 Å². The monoisotopic (exact) mass is 495 g/mol. The molecule has 2 heterocycles. The first-order valence-electron chi connectivity index (χ1n) is 11.7. The Morgan fingerprint density at radius 1 is 1.28 bits per heavy atom. The number of hydrogen-bond acceptors (Lipinski definition) is 7. The molecular weight excluding hydrogens is 462 g/mol. The van der Waals surface area contributed by atoms with Crippen LogP contribution < -0.4 is 9.47 Å². The number of nitrogens with zero attached hydrogens (tertiary/aromatic N) is 3. The summed E-state index contributed by atoms with van der Waals surface area (Å²) in [5.74, 6) is 6.43. The van der Waals surface area contributed by atoms with E-state index in [1.54, 1.807) is 43.1 Å². The van der Waals surface area contributed by atoms with Gasteiger partial charge in [-0.25, -0.2) is 4.98 Å². The maximum atomic E-state index is 13.5. The Hall–Kier alpha value is -3.61. The Balaban J connectivity index is 1.95. The number of ether oxygens (including phenoxy) is 3. The van der Waals surface area contributed by atoms with Gasteiger partial charge in [0.2, 0.25) is 11.8 Å². The summed E-state index contributed by atoms with van der Waals surface area (Å²) in [6.45, 7) is 4.16. The largest absolute Gasteiger partial charge is 0.497 e. The Labute approximate surface area is 212 Å². The fourth-order valence-corrected chi connectivity index (χ4v) is 3.81. The van der Waals surface area contributed by atoms with Gasteiger partial charge in [-0.3, -0.25) is 9.59 Å². The van der Waals surface area contributed by atoms with E-state index < -0.39 is 12.1 Å². The molecule has 0 saturated heterocycles. The van der Waals surface area contributed by atoms with Gasteiger partial charge in [0.05, 0.1) is 26.3 Å². The fourth-order valence-electron chi connectivity index (χ4n) is 3.81. The van der Waals surface area contributed by atoms with Crippen LogP contribution in [0.3, 0.4) is 0 Å². The zero-order valence-electron chi connectivity index (χ0n) is 21.4. The van der Waals surface area contributed by atoms with E-state index >= 15 is 0 Å². The van der Waals surface area contributed by atoms with E-state index in [0.717, 1.165) is 11.3 Å². The summed E-state index contributed by atoms with van der Waals surface area (Å²) < 4.78 is 16.3. The van der Waals surface area contributed by atoms with Gasteiger partial charge in [0.1, 0.15) is 24.0 Å². The molecule has 1 aliphatic heterocycles. The van der Waals surface area contributed by atoms with Crippen LogP contribution in [0.5, 0.6) is 11.6 Å². The molecule has 1 N–H and O–H groups in total. The van der Waals surface area contributed by atoms with Gasteiger partial charge in [-0.1, -0.05) is 18.8 Å². The van der Waals surface area contributed by atoms with Crippen molar-refractivity contribution in [2.75, 3.05) is 47.6 Å². The van der Waals surface area contributed by atoms with Crippen LogP contribution in [-0.4, -0.2) is 91.4 Å². The van der Waals surface area contributed by atoms with Crippen LogP contribution >= 0.6 is 0 Å². The number of aliphatic hydroxyl groups is 1. The molecule has 9 nitrogen and oxygen atoms in total. The zero-order valence-corrected chi connectivity index (χ0v) is 21.4. The Morgan fingerprint density at radius 2 is 1.97 bits per heavy atom. The van der Waals surface area contributed by atoms with Crippen molar-refractivity contribution in [2.24, 2.45) is 5.92 Å². The molecule has 1 aromatic carbocycles. The van der Waals surface area contributed by atoms with Gasteiger partial charge in [-0.15, -0.1) is 0 Å². The number of likely N-dealkylation sites (N-methyl/N-ethyl adjacent to an activating group) is 1. The molecule has 9 heteroatoms. The highest BCUT2D eigenvalue weighted by atomic mass is 16.5. The Morgan fingerprint density at radius 3 is 2.61 bits per heavy atom. The predicted molar refractivity (Wildman–Crippen MR) is 134 cm³/mol. The first-order chi connectivity index (χ1) is 17.3. The highest BCUT2D eigenvalue weighted by Gasteiger charge is 2.34. The normalized spacial score (nSPS) is 18.1. The number of aliphatic hydroxyl groups excluding tert-OH is 1. The maximum absolute atomic E-state index is 13.5. The van der Waals surface area contributed by atoms with E-state index in [4.69, 9.17) is 14.2 Å². The average Bonchev–Trinajstić information content (AvgIpc) is 2.89. The zero-order chi connectivity index (χ0) is 26.2. The van der Waals surface area contributed by atoms with Crippen LogP contribution in [0.15, 0.2) is 36.5 Å². The molecule has 2 amide bonds. The standard InChI is InChI=1S/C27H33N3O6/c1-18-14-30(19(2)16-31)27(33)23-12-21(7-6-20-8-10-22(35-5)11-9-20)13-28-26(23)36-24(18)15-29(3)25(32)17-34-4/h8-13,18-19,24,31H,14-17H2,1-5H3/t18-,19+,24-/m1/s1. The minimum Gasteiger partial charge on any atom is -0.497 e. The van der Waals surface area contributed by atoms with Crippen LogP contribution in [0.4, 0.5) is 0 Å². The molecule has 0 radical (unpaired) electrons. The molecular formula is C27H33N3O6. The molecule has 0 aliphatic carbocycles. The number of fused-ring (bicyclic) bond motifs is 1. The summed E-state index contributed by atoms with van der Waals surface area (Å²) in [4.78, 5) is 33.4. The lowest BCUT2D eigenvalue weighted by molar-refractivity contribution is -0.135. The highest BCUT2D eigenvalue weighted by molar-refractivity contribution is 5.97. The molecule has 3 rings (SSSR count). The molecule has 0 spiro atoms. The third-order valence-corrected chi connectivity index (χ3v) is 6.11. The van der Waals surface area contributed by atoms with Crippen molar-refractivity contribution < 1.29 is 28.9 Å². The lowest BCUT2D eigenvalue weighted by Crippen LogP contribution is -2.50. The summed E-state index contributed by atoms with van der Waals surface area (Å²) in [5, 5.41) is 9.81. The second-order valence-corrected chi connectivity index (χ2v) is 8.89. The van der Waals surface area contributed by atoms with E-state index in [0.29, 0.717) is 18.7 Å². The molecule has 192 valence electrons. The first-order valence-corrected chi connectivity index (χ1v) is 11.7. The van der Waals surface area contributed by atoms with E-state index in [1.165, 1.54) is 7.11 Å². The van der Waals surface area contributed by atoms with Crippen LogP contribution in [0.2, 0.25) is 0 Å². The highest BCUT2D eigenvalue weighted by Crippen LogP contribution is 2.27. The van der Waals surface area contributed by atoms with E-state index in [-0.39, 0.29) is 42.4 Å². The number of methoxy groups -OCH3 is 2. The molecule has 36 heavy (non-hydrogen) atoms. The molecule has 3 atom stereocenters. The molecule has 0 unspecified atom stereocenters. The first kappa shape index (κ1) is 27.0. The van der Waals surface area contributed by atoms with Gasteiger partial charge in [-0.2, -0.15) is 0 Å². The van der Waals surface area contributed by atoms with Gasteiger partial charge in [0.25, 0.3) is 5.91 Å². The number of carbonyl (C=O) groups is 2. The van der Waals surface area contributed by atoms with Crippen molar-refractivity contribution >= 4 is 11.8 Å². The smallest absolute Gasteiger partial charge is 0.259 e. The maximum Gasteiger partial charge on any atom is 0.259 e. The van der Waals surface area contributed by atoms with Crippen LogP contribution in [0.25, 0.3) is 0 Å². The molecule has 0 bridgehead atoms. The number of hydrogen-bond donors (Lipinski definition) is 1. The van der Waals surface area contributed by atoms with Gasteiger partial charge in [0.15, 0.2) is 0 Å². The number of rotatable bonds is 7. The number of pyridine rings is 1. The molecule has 1 aromatic heterocycles. The second-order valence-electron chi connectivity index (χ2n) is 8.89. The molecule has 1 aliphatic rings. The third-order valence-electron chi connectivity index (χ3n) is 6.11. The van der Waals surface area contributed by atoms with Gasteiger partial charge >= 0.3 is 0 Å². The number of amides is 2. The summed E-state index contributed by atoms with van der Waals surface area (Å²) >= 11 is 0. The number of benzene rings is 1. The van der Waals surface area contributed by atoms with Crippen LogP contribution in [-0.2, 0) is 9.53 Å². The van der Waals surface area contributed by atoms with Gasteiger partial charge in [0, 0.05) is 43.9 Å². The summed E-state index contributed by atoms with van der Waals surface area (Å²) in [6, 6.07) is 8.59. The van der Waals surface area contributed by atoms with Crippen molar-refractivity contribution in [3.8, 4) is 23.5 Å². The minimum absolute atomic E-state index is 0.0329. The lowest BCUT2D eigenvalue weighted by atomic mass is 10.00. The Bertz CT molecular complexity index is 1120. The minimum atomic E-state index is -0.431. The van der Waals surface area contributed by atoms with E-state index in [1.807, 2.05) is 31.2 Å². The predicted octanol–water partition coefficient (Wildman–Crippen LogP) is 1.81. The number of aromatic nitrogens is 1. The van der Waals surface area contributed by atoms with Gasteiger partial charge < -0.3 is 29.1 Å². The Kier molecular flexibility index (Phi) is 9.28. The van der Waals surface area contributed by atoms with Crippen molar-refractivity contribution in [3.05, 3.63) is 53.2 Å². The second kappa shape index (κ2) is 12.4. The van der Waals surface area contributed by atoms with E-state index in [9.17, 15) is 14.7 Å². The van der Waals surface area contributed by atoms with Crippen LogP contribution in [0.1, 0.15) is 35.3 Å². The quantitative estimate of drug-likeness (QED) is 0.585. The third kappa shape index (κ3) is 6.53. The number of carbonyl (C=O) groups excluding carboxylic acids is 2. The van der Waals surface area contributed by atoms with Crippen molar-refractivity contribution in [2.45, 2.75) is 26.0 Å². The van der Waals surface area contributed by atoms with E-state index in [2.05, 4.69) is 16.8 Å². The molecule has 0 saturated carbocycles. The SMILES string of the molecule is COCC(=O)N(C)C[C@H]1Oc2ncc(C#Cc3ccc(OC)cc3)cc2C(=O)N([C@@H](C)CO)C[C@H]1C. The molecule has 2 aromatic rings.